The number of thioether (sulfide) groups is 1. The topological polar surface area (TPSA) is 12.9 Å². The van der Waals surface area contributed by atoms with Gasteiger partial charge in [-0.1, -0.05) is 18.2 Å². The summed E-state index contributed by atoms with van der Waals surface area (Å²) in [6.45, 7) is 2.11. The van der Waals surface area contributed by atoms with Gasteiger partial charge in [0.1, 0.15) is 0 Å². The fourth-order valence-electron chi connectivity index (χ4n) is 1.57. The monoisotopic (exact) mass is 251 g/mol. The molecule has 16 heavy (non-hydrogen) atoms. The quantitative estimate of drug-likeness (QED) is 0.457. The molecule has 2 rings (SSSR count). The molecule has 0 unspecified atom stereocenters. The summed E-state index contributed by atoms with van der Waals surface area (Å²) in [7, 11) is 0. The second-order valence-electron chi connectivity index (χ2n) is 3.69. The van der Waals surface area contributed by atoms with Crippen LogP contribution >= 0.6 is 23.4 Å². The van der Waals surface area contributed by atoms with Crippen LogP contribution in [0.1, 0.15) is 12.0 Å². The van der Waals surface area contributed by atoms with Crippen molar-refractivity contribution in [1.29, 1.82) is 0 Å². The molecule has 0 aliphatic rings. The van der Waals surface area contributed by atoms with Gasteiger partial charge in [0.2, 0.25) is 0 Å². The van der Waals surface area contributed by atoms with Gasteiger partial charge in [0.05, 0.1) is 10.5 Å². The fraction of sp³-hybridized carbons (Fsp3) is 0.308. The van der Waals surface area contributed by atoms with Gasteiger partial charge >= 0.3 is 0 Å². The van der Waals surface area contributed by atoms with Gasteiger partial charge < -0.3 is 0 Å². The maximum atomic E-state index is 5.67. The van der Waals surface area contributed by atoms with Crippen molar-refractivity contribution in [2.45, 2.75) is 18.4 Å². The van der Waals surface area contributed by atoms with Crippen LogP contribution < -0.4 is 0 Å². The third-order valence-corrected chi connectivity index (χ3v) is 3.83. The summed E-state index contributed by atoms with van der Waals surface area (Å²) in [6, 6.07) is 10.4. The van der Waals surface area contributed by atoms with Gasteiger partial charge in [-0.2, -0.15) is 0 Å². The molecule has 0 saturated carbocycles. The van der Waals surface area contributed by atoms with Crippen molar-refractivity contribution in [2.75, 3.05) is 11.6 Å². The lowest BCUT2D eigenvalue weighted by atomic mass is 10.2. The summed E-state index contributed by atoms with van der Waals surface area (Å²) < 4.78 is 0. The zero-order valence-corrected chi connectivity index (χ0v) is 10.8. The molecule has 0 N–H and O–H groups in total. The lowest BCUT2D eigenvalue weighted by molar-refractivity contribution is 1.08. The van der Waals surface area contributed by atoms with E-state index in [0.29, 0.717) is 0 Å². The molecule has 0 radical (unpaired) electrons. The average Bonchev–Trinajstić information content (AvgIpc) is 2.30. The van der Waals surface area contributed by atoms with Gasteiger partial charge in [0, 0.05) is 17.0 Å². The first-order chi connectivity index (χ1) is 7.81. The first kappa shape index (κ1) is 11.7. The van der Waals surface area contributed by atoms with Crippen molar-refractivity contribution < 1.29 is 0 Å². The number of alkyl halides is 1. The van der Waals surface area contributed by atoms with Crippen LogP contribution in [0.5, 0.6) is 0 Å². The van der Waals surface area contributed by atoms with Crippen LogP contribution in [0.15, 0.2) is 35.4 Å². The minimum absolute atomic E-state index is 0.722. The van der Waals surface area contributed by atoms with Crippen LogP contribution in [-0.4, -0.2) is 16.6 Å². The predicted molar refractivity (Wildman–Crippen MR) is 72.5 cm³/mol. The van der Waals surface area contributed by atoms with Gasteiger partial charge in [0.15, 0.2) is 0 Å². The summed E-state index contributed by atoms with van der Waals surface area (Å²) in [5, 5.41) is 2.34. The number of fused-ring (bicyclic) bond motifs is 1. The van der Waals surface area contributed by atoms with Crippen LogP contribution in [0.2, 0.25) is 0 Å². The third-order valence-electron chi connectivity index (χ3n) is 2.38. The van der Waals surface area contributed by atoms with Crippen molar-refractivity contribution in [2.24, 2.45) is 0 Å². The Morgan fingerprint density at radius 3 is 2.94 bits per heavy atom. The number of pyridine rings is 1. The minimum atomic E-state index is 0.722. The predicted octanol–water partition coefficient (Wildman–Crippen LogP) is 4.26. The van der Waals surface area contributed by atoms with E-state index in [1.807, 2.05) is 12.1 Å². The standard InChI is InChI=1S/C13H14ClNS/c1-10-9-11-5-2-3-6-12(11)15-13(10)16-8-4-7-14/h2-3,5-6,9H,4,7-8H2,1H3. The normalized spacial score (nSPS) is 10.9. The molecule has 0 atom stereocenters. The molecule has 1 aromatic carbocycles. The molecule has 0 aliphatic heterocycles. The number of aromatic nitrogens is 1. The van der Waals surface area contributed by atoms with E-state index in [0.717, 1.165) is 28.6 Å². The molecule has 0 fully saturated rings. The number of hydrogen-bond acceptors (Lipinski definition) is 2. The Labute approximate surface area is 105 Å². The number of halogens is 1. The molecule has 1 heterocycles. The van der Waals surface area contributed by atoms with Crippen LogP contribution in [0.4, 0.5) is 0 Å². The highest BCUT2D eigenvalue weighted by molar-refractivity contribution is 7.99. The lowest BCUT2D eigenvalue weighted by Crippen LogP contribution is -1.89. The van der Waals surface area contributed by atoms with Crippen LogP contribution in [0, 0.1) is 6.92 Å². The maximum absolute atomic E-state index is 5.67. The van der Waals surface area contributed by atoms with Crippen molar-refractivity contribution in [3.05, 3.63) is 35.9 Å². The van der Waals surface area contributed by atoms with Crippen molar-refractivity contribution in [3.8, 4) is 0 Å². The molecule has 0 spiro atoms. The average molecular weight is 252 g/mol. The number of nitrogens with zero attached hydrogens (tertiary/aromatic N) is 1. The molecule has 0 saturated heterocycles. The first-order valence-electron chi connectivity index (χ1n) is 5.36. The zero-order valence-electron chi connectivity index (χ0n) is 9.24. The Bertz CT molecular complexity index is 484. The Hall–Kier alpha value is -0.730. The van der Waals surface area contributed by atoms with Gasteiger partial charge in [-0.3, -0.25) is 0 Å². The van der Waals surface area contributed by atoms with Gasteiger partial charge in [-0.25, -0.2) is 4.98 Å². The molecule has 1 aromatic heterocycles. The fourth-order valence-corrected chi connectivity index (χ4v) is 2.80. The Morgan fingerprint density at radius 2 is 2.12 bits per heavy atom. The van der Waals surface area contributed by atoms with Gasteiger partial charge in [-0.15, -0.1) is 23.4 Å². The number of para-hydroxylation sites is 1. The summed E-state index contributed by atoms with van der Waals surface area (Å²) >= 11 is 7.46. The molecule has 1 nitrogen and oxygen atoms in total. The van der Waals surface area contributed by atoms with Crippen LogP contribution in [0.3, 0.4) is 0 Å². The highest BCUT2D eigenvalue weighted by Crippen LogP contribution is 2.24. The SMILES string of the molecule is Cc1cc2ccccc2nc1SCCCCl. The van der Waals surface area contributed by atoms with E-state index in [1.165, 1.54) is 10.9 Å². The smallest absolute Gasteiger partial charge is 0.0996 e. The molecule has 3 heteroatoms. The molecular formula is C13H14ClNS. The third kappa shape index (κ3) is 2.69. The van der Waals surface area contributed by atoms with Crippen LogP contribution in [0.25, 0.3) is 10.9 Å². The van der Waals surface area contributed by atoms with E-state index in [4.69, 9.17) is 11.6 Å². The van der Waals surface area contributed by atoms with Crippen molar-refractivity contribution in [1.82, 2.24) is 4.98 Å². The van der Waals surface area contributed by atoms with E-state index < -0.39 is 0 Å². The molecule has 0 aliphatic carbocycles. The molecular weight excluding hydrogens is 238 g/mol. The van der Waals surface area contributed by atoms with Crippen molar-refractivity contribution in [3.63, 3.8) is 0 Å². The molecule has 0 bridgehead atoms. The number of hydrogen-bond donors (Lipinski definition) is 0. The number of benzene rings is 1. The van der Waals surface area contributed by atoms with Crippen molar-refractivity contribution >= 4 is 34.3 Å². The Balaban J connectivity index is 2.27. The van der Waals surface area contributed by atoms with E-state index in [1.54, 1.807) is 11.8 Å². The van der Waals surface area contributed by atoms with Crippen LogP contribution in [-0.2, 0) is 0 Å². The minimum Gasteiger partial charge on any atom is -0.241 e. The summed E-state index contributed by atoms with van der Waals surface area (Å²) in [5.74, 6) is 1.76. The molecule has 0 amide bonds. The maximum Gasteiger partial charge on any atom is 0.0996 e. The largest absolute Gasteiger partial charge is 0.241 e. The molecule has 2 aromatic rings. The second kappa shape index (κ2) is 5.55. The Morgan fingerprint density at radius 1 is 1.31 bits per heavy atom. The summed E-state index contributed by atoms with van der Waals surface area (Å²) in [4.78, 5) is 4.67. The van der Waals surface area contributed by atoms with E-state index in [9.17, 15) is 0 Å². The second-order valence-corrected chi connectivity index (χ2v) is 5.16. The van der Waals surface area contributed by atoms with E-state index >= 15 is 0 Å². The van der Waals surface area contributed by atoms with E-state index in [-0.39, 0.29) is 0 Å². The zero-order chi connectivity index (χ0) is 11.4. The Kier molecular flexibility index (Phi) is 4.08. The summed E-state index contributed by atoms with van der Waals surface area (Å²) in [5.41, 5.74) is 2.32. The van der Waals surface area contributed by atoms with Gasteiger partial charge in [0.25, 0.3) is 0 Å². The molecule has 84 valence electrons. The lowest BCUT2D eigenvalue weighted by Gasteiger charge is -2.06. The van der Waals surface area contributed by atoms with E-state index in [2.05, 4.69) is 30.1 Å². The highest BCUT2D eigenvalue weighted by atomic mass is 35.5. The number of rotatable bonds is 4. The first-order valence-corrected chi connectivity index (χ1v) is 6.88. The summed E-state index contributed by atoms with van der Waals surface area (Å²) in [6.07, 6.45) is 1.03. The highest BCUT2D eigenvalue weighted by Gasteiger charge is 2.03. The van der Waals surface area contributed by atoms with Gasteiger partial charge in [-0.05, 0) is 31.0 Å². The number of aryl methyl sites for hydroxylation is 1.